The lowest BCUT2D eigenvalue weighted by molar-refractivity contribution is -0.123. The van der Waals surface area contributed by atoms with Crippen molar-refractivity contribution in [1.82, 2.24) is 9.59 Å². The molecule has 0 radical (unpaired) electrons. The summed E-state index contributed by atoms with van der Waals surface area (Å²) >= 11 is 0.973. The summed E-state index contributed by atoms with van der Waals surface area (Å²) in [6.07, 6.45) is -0.310. The zero-order valence-corrected chi connectivity index (χ0v) is 12.5. The van der Waals surface area contributed by atoms with Gasteiger partial charge in [0.1, 0.15) is 0 Å². The Labute approximate surface area is 126 Å². The molecule has 1 aromatic carbocycles. The minimum atomic E-state index is -0.899. The first-order chi connectivity index (χ1) is 10.1. The van der Waals surface area contributed by atoms with Crippen molar-refractivity contribution in [3.05, 3.63) is 40.9 Å². The Morgan fingerprint density at radius 3 is 2.71 bits per heavy atom. The summed E-state index contributed by atoms with van der Waals surface area (Å²) in [4.78, 5) is 24.3. The van der Waals surface area contributed by atoms with Gasteiger partial charge in [0.05, 0.1) is 5.69 Å². The molecule has 1 N–H and O–H groups in total. The third-order valence-electron chi connectivity index (χ3n) is 2.77. The number of aryl methyl sites for hydroxylation is 1. The smallest absolute Gasteiger partial charge is 0.352 e. The van der Waals surface area contributed by atoms with Gasteiger partial charge < -0.3 is 10.1 Å². The quantitative estimate of drug-likeness (QED) is 0.857. The van der Waals surface area contributed by atoms with Crippen molar-refractivity contribution in [2.75, 3.05) is 5.32 Å². The summed E-state index contributed by atoms with van der Waals surface area (Å²) in [5.74, 6) is -0.956. The van der Waals surface area contributed by atoms with E-state index in [0.717, 1.165) is 11.5 Å². The highest BCUT2D eigenvalue weighted by molar-refractivity contribution is 7.07. The third kappa shape index (κ3) is 3.85. The van der Waals surface area contributed by atoms with Crippen molar-refractivity contribution < 1.29 is 14.3 Å². The molecular formula is C14H15N3O3S. The summed E-state index contributed by atoms with van der Waals surface area (Å²) in [6.45, 7) is 3.40. The summed E-state index contributed by atoms with van der Waals surface area (Å²) in [5, 5.41) is 6.52. The standard InChI is InChI=1S/C14H15N3O3S/c1-3-11-12(21-17-16-11)14(19)20-9(2)13(18)15-10-7-5-4-6-8-10/h4-9H,3H2,1-2H3,(H,15,18). The van der Waals surface area contributed by atoms with Crippen LogP contribution < -0.4 is 5.32 Å². The fourth-order valence-corrected chi connectivity index (χ4v) is 2.26. The molecule has 21 heavy (non-hydrogen) atoms. The molecule has 0 aliphatic heterocycles. The van der Waals surface area contributed by atoms with Crippen LogP contribution in [0.2, 0.25) is 0 Å². The minimum absolute atomic E-state index is 0.344. The van der Waals surface area contributed by atoms with Crippen molar-refractivity contribution in [3.63, 3.8) is 0 Å². The van der Waals surface area contributed by atoms with Crippen LogP contribution in [0.5, 0.6) is 0 Å². The molecule has 2 rings (SSSR count). The van der Waals surface area contributed by atoms with Crippen LogP contribution in [0.15, 0.2) is 30.3 Å². The van der Waals surface area contributed by atoms with Gasteiger partial charge in [0.2, 0.25) is 0 Å². The van der Waals surface area contributed by atoms with Crippen LogP contribution in [0, 0.1) is 0 Å². The number of ether oxygens (including phenoxy) is 1. The molecule has 0 spiro atoms. The average Bonchev–Trinajstić information content (AvgIpc) is 2.96. The van der Waals surface area contributed by atoms with E-state index >= 15 is 0 Å². The fourth-order valence-electron chi connectivity index (χ4n) is 1.63. The van der Waals surface area contributed by atoms with Crippen LogP contribution >= 0.6 is 11.5 Å². The molecule has 1 unspecified atom stereocenters. The lowest BCUT2D eigenvalue weighted by Gasteiger charge is -2.13. The summed E-state index contributed by atoms with van der Waals surface area (Å²) in [5.41, 5.74) is 1.24. The van der Waals surface area contributed by atoms with Crippen LogP contribution in [0.25, 0.3) is 0 Å². The molecule has 0 saturated carbocycles. The van der Waals surface area contributed by atoms with Gasteiger partial charge in [0.15, 0.2) is 11.0 Å². The molecule has 110 valence electrons. The Balaban J connectivity index is 1.96. The highest BCUT2D eigenvalue weighted by Gasteiger charge is 2.22. The van der Waals surface area contributed by atoms with Gasteiger partial charge in [0, 0.05) is 5.69 Å². The molecule has 1 heterocycles. The monoisotopic (exact) mass is 305 g/mol. The molecule has 0 aliphatic carbocycles. The lowest BCUT2D eigenvalue weighted by atomic mass is 10.3. The maximum absolute atomic E-state index is 12.0. The Kier molecular flexibility index (Phi) is 4.99. The predicted molar refractivity (Wildman–Crippen MR) is 79.2 cm³/mol. The van der Waals surface area contributed by atoms with Crippen LogP contribution in [-0.2, 0) is 16.0 Å². The van der Waals surface area contributed by atoms with E-state index in [1.807, 2.05) is 25.1 Å². The number of esters is 1. The number of hydrogen-bond acceptors (Lipinski definition) is 6. The Morgan fingerprint density at radius 2 is 2.05 bits per heavy atom. The largest absolute Gasteiger partial charge is 0.448 e. The molecule has 2 aromatic rings. The third-order valence-corrected chi connectivity index (χ3v) is 3.52. The van der Waals surface area contributed by atoms with Gasteiger partial charge in [-0.3, -0.25) is 4.79 Å². The van der Waals surface area contributed by atoms with Gasteiger partial charge in [0.25, 0.3) is 5.91 Å². The number of amides is 1. The minimum Gasteiger partial charge on any atom is -0.448 e. The number of carbonyl (C=O) groups excluding carboxylic acids is 2. The van der Waals surface area contributed by atoms with Crippen LogP contribution in [0.1, 0.15) is 29.2 Å². The molecule has 1 amide bonds. The highest BCUT2D eigenvalue weighted by Crippen LogP contribution is 2.14. The SMILES string of the molecule is CCc1nnsc1C(=O)OC(C)C(=O)Nc1ccccc1. The lowest BCUT2D eigenvalue weighted by Crippen LogP contribution is -2.30. The second-order valence-corrected chi connectivity index (χ2v) is 5.06. The first-order valence-electron chi connectivity index (χ1n) is 6.50. The predicted octanol–water partition coefficient (Wildman–Crippen LogP) is 2.28. The molecule has 6 nitrogen and oxygen atoms in total. The van der Waals surface area contributed by atoms with Gasteiger partial charge in [-0.25, -0.2) is 4.79 Å². The van der Waals surface area contributed by atoms with E-state index in [4.69, 9.17) is 4.74 Å². The Hall–Kier alpha value is -2.28. The van der Waals surface area contributed by atoms with Crippen molar-refractivity contribution in [3.8, 4) is 0 Å². The zero-order chi connectivity index (χ0) is 15.2. The van der Waals surface area contributed by atoms with E-state index in [2.05, 4.69) is 14.9 Å². The highest BCUT2D eigenvalue weighted by atomic mass is 32.1. The molecule has 0 saturated heterocycles. The summed E-state index contributed by atoms with van der Waals surface area (Å²) in [6, 6.07) is 8.98. The summed E-state index contributed by atoms with van der Waals surface area (Å²) < 4.78 is 8.87. The van der Waals surface area contributed by atoms with E-state index in [9.17, 15) is 9.59 Å². The van der Waals surface area contributed by atoms with Crippen molar-refractivity contribution in [2.24, 2.45) is 0 Å². The van der Waals surface area contributed by atoms with Gasteiger partial charge in [-0.15, -0.1) is 5.10 Å². The second kappa shape index (κ2) is 6.94. The topological polar surface area (TPSA) is 81.2 Å². The number of hydrogen-bond donors (Lipinski definition) is 1. The van der Waals surface area contributed by atoms with E-state index in [-0.39, 0.29) is 5.91 Å². The number of aromatic nitrogens is 2. The van der Waals surface area contributed by atoms with E-state index in [1.165, 1.54) is 6.92 Å². The van der Waals surface area contributed by atoms with Crippen molar-refractivity contribution in [2.45, 2.75) is 26.4 Å². The average molecular weight is 305 g/mol. The van der Waals surface area contributed by atoms with Crippen LogP contribution in [0.3, 0.4) is 0 Å². The van der Waals surface area contributed by atoms with E-state index < -0.39 is 12.1 Å². The van der Waals surface area contributed by atoms with Crippen molar-refractivity contribution in [1.29, 1.82) is 0 Å². The number of para-hydroxylation sites is 1. The zero-order valence-electron chi connectivity index (χ0n) is 11.7. The molecule has 1 aromatic heterocycles. The van der Waals surface area contributed by atoms with Gasteiger partial charge in [-0.1, -0.05) is 29.6 Å². The Morgan fingerprint density at radius 1 is 1.33 bits per heavy atom. The molecule has 0 fully saturated rings. The van der Waals surface area contributed by atoms with E-state index in [0.29, 0.717) is 22.7 Å². The first-order valence-corrected chi connectivity index (χ1v) is 7.27. The van der Waals surface area contributed by atoms with Crippen molar-refractivity contribution >= 4 is 29.1 Å². The second-order valence-electron chi connectivity index (χ2n) is 4.31. The van der Waals surface area contributed by atoms with Crippen LogP contribution in [-0.4, -0.2) is 27.6 Å². The van der Waals surface area contributed by atoms with Crippen LogP contribution in [0.4, 0.5) is 5.69 Å². The van der Waals surface area contributed by atoms with Gasteiger partial charge in [-0.05, 0) is 37.0 Å². The summed E-state index contributed by atoms with van der Waals surface area (Å²) in [7, 11) is 0. The number of nitrogens with one attached hydrogen (secondary N) is 1. The normalized spacial score (nSPS) is 11.7. The fraction of sp³-hybridized carbons (Fsp3) is 0.286. The number of anilines is 1. The molecular weight excluding hydrogens is 290 g/mol. The molecule has 0 aliphatic rings. The maximum atomic E-state index is 12.0. The maximum Gasteiger partial charge on any atom is 0.352 e. The van der Waals surface area contributed by atoms with Gasteiger partial charge >= 0.3 is 5.97 Å². The first kappa shape index (κ1) is 15.1. The number of carbonyl (C=O) groups is 2. The number of benzene rings is 1. The molecule has 0 bridgehead atoms. The Bertz CT molecular complexity index is 627. The number of rotatable bonds is 5. The number of nitrogens with zero attached hydrogens (tertiary/aromatic N) is 2. The molecule has 7 heteroatoms. The van der Waals surface area contributed by atoms with E-state index in [1.54, 1.807) is 12.1 Å². The molecule has 1 atom stereocenters. The van der Waals surface area contributed by atoms with Gasteiger partial charge in [-0.2, -0.15) is 0 Å².